The lowest BCUT2D eigenvalue weighted by Gasteiger charge is -2.12. The van der Waals surface area contributed by atoms with Crippen LogP contribution in [0.1, 0.15) is 5.56 Å². The van der Waals surface area contributed by atoms with Crippen LogP contribution in [-0.4, -0.2) is 6.61 Å². The predicted octanol–water partition coefficient (Wildman–Crippen LogP) is 4.69. The van der Waals surface area contributed by atoms with Gasteiger partial charge >= 0.3 is 6.61 Å². The lowest BCUT2D eigenvalue weighted by atomic mass is 10.2. The maximum Gasteiger partial charge on any atom is 0.387 e. The van der Waals surface area contributed by atoms with E-state index in [0.29, 0.717) is 5.56 Å². The minimum Gasteiger partial charge on any atom is -0.434 e. The summed E-state index contributed by atoms with van der Waals surface area (Å²) in [5, 5.41) is 2.79. The number of ether oxygens (including phenoxy) is 1. The molecule has 0 aliphatic heterocycles. The molecule has 20 heavy (non-hydrogen) atoms. The van der Waals surface area contributed by atoms with Crippen molar-refractivity contribution in [2.45, 2.75) is 13.2 Å². The molecule has 0 aromatic heterocycles. The van der Waals surface area contributed by atoms with Crippen LogP contribution in [0.4, 0.5) is 18.9 Å². The lowest BCUT2D eigenvalue weighted by Crippen LogP contribution is -2.07. The van der Waals surface area contributed by atoms with Gasteiger partial charge in [0.05, 0.1) is 10.7 Å². The van der Waals surface area contributed by atoms with Crippen molar-refractivity contribution < 1.29 is 17.9 Å². The van der Waals surface area contributed by atoms with E-state index in [-0.39, 0.29) is 23.0 Å². The van der Waals surface area contributed by atoms with Crippen LogP contribution in [0.25, 0.3) is 0 Å². The third kappa shape index (κ3) is 3.57. The van der Waals surface area contributed by atoms with Gasteiger partial charge in [-0.15, -0.1) is 0 Å². The van der Waals surface area contributed by atoms with E-state index in [4.69, 9.17) is 11.6 Å². The van der Waals surface area contributed by atoms with Crippen molar-refractivity contribution in [1.29, 1.82) is 0 Å². The van der Waals surface area contributed by atoms with Crippen LogP contribution in [0.2, 0.25) is 5.02 Å². The fourth-order valence-corrected chi connectivity index (χ4v) is 1.87. The van der Waals surface area contributed by atoms with Gasteiger partial charge in [0, 0.05) is 12.1 Å². The Labute approximate surface area is 119 Å². The fraction of sp³-hybridized carbons (Fsp3) is 0.143. The second-order valence-corrected chi connectivity index (χ2v) is 4.35. The highest BCUT2D eigenvalue weighted by Crippen LogP contribution is 2.25. The van der Waals surface area contributed by atoms with Crippen LogP contribution in [0.3, 0.4) is 0 Å². The highest BCUT2D eigenvalue weighted by Gasteiger charge is 2.10. The van der Waals surface area contributed by atoms with E-state index in [1.165, 1.54) is 18.2 Å². The molecule has 6 heteroatoms. The number of rotatable bonds is 5. The molecule has 0 amide bonds. The average molecular weight is 302 g/mol. The Morgan fingerprint density at radius 1 is 1.10 bits per heavy atom. The van der Waals surface area contributed by atoms with Crippen LogP contribution in [0.15, 0.2) is 42.5 Å². The summed E-state index contributed by atoms with van der Waals surface area (Å²) in [6.45, 7) is -2.76. The van der Waals surface area contributed by atoms with E-state index < -0.39 is 12.4 Å². The number of hydrogen-bond acceptors (Lipinski definition) is 2. The minimum atomic E-state index is -2.90. The largest absolute Gasteiger partial charge is 0.434 e. The Balaban J connectivity index is 2.13. The number of para-hydroxylation sites is 1. The van der Waals surface area contributed by atoms with Crippen molar-refractivity contribution in [1.82, 2.24) is 0 Å². The summed E-state index contributed by atoms with van der Waals surface area (Å²) in [4.78, 5) is 0. The van der Waals surface area contributed by atoms with Crippen LogP contribution in [0.5, 0.6) is 5.75 Å². The summed E-state index contributed by atoms with van der Waals surface area (Å²) in [5.41, 5.74) is 0.691. The summed E-state index contributed by atoms with van der Waals surface area (Å²) in [6.07, 6.45) is 0. The highest BCUT2D eigenvalue weighted by molar-refractivity contribution is 6.31. The van der Waals surface area contributed by atoms with E-state index in [1.54, 1.807) is 24.3 Å². The van der Waals surface area contributed by atoms with E-state index in [2.05, 4.69) is 10.1 Å². The highest BCUT2D eigenvalue weighted by atomic mass is 35.5. The van der Waals surface area contributed by atoms with Gasteiger partial charge in [0.25, 0.3) is 0 Å². The van der Waals surface area contributed by atoms with Gasteiger partial charge in [0.1, 0.15) is 5.75 Å². The van der Waals surface area contributed by atoms with Gasteiger partial charge in [0.15, 0.2) is 5.82 Å². The Hall–Kier alpha value is -1.88. The van der Waals surface area contributed by atoms with Gasteiger partial charge in [-0.1, -0.05) is 35.9 Å². The molecule has 0 unspecified atom stereocenters. The zero-order valence-electron chi connectivity index (χ0n) is 10.2. The fourth-order valence-electron chi connectivity index (χ4n) is 1.69. The predicted molar refractivity (Wildman–Crippen MR) is 71.8 cm³/mol. The second kappa shape index (κ2) is 6.52. The van der Waals surface area contributed by atoms with E-state index in [1.807, 2.05) is 0 Å². The number of alkyl halides is 2. The molecule has 0 bridgehead atoms. The Morgan fingerprint density at radius 3 is 2.60 bits per heavy atom. The molecular weight excluding hydrogens is 291 g/mol. The molecule has 0 aliphatic rings. The zero-order valence-corrected chi connectivity index (χ0v) is 11.0. The molecule has 0 radical (unpaired) electrons. The van der Waals surface area contributed by atoms with E-state index in [9.17, 15) is 13.2 Å². The van der Waals surface area contributed by atoms with Gasteiger partial charge < -0.3 is 10.1 Å². The average Bonchev–Trinajstić information content (AvgIpc) is 2.41. The smallest absolute Gasteiger partial charge is 0.387 e. The molecule has 0 aliphatic carbocycles. The van der Waals surface area contributed by atoms with Crippen LogP contribution in [-0.2, 0) is 6.54 Å². The van der Waals surface area contributed by atoms with Crippen LogP contribution >= 0.6 is 11.6 Å². The molecule has 0 heterocycles. The first-order valence-corrected chi connectivity index (χ1v) is 6.16. The number of halogens is 4. The molecule has 2 aromatic rings. The van der Waals surface area contributed by atoms with Crippen molar-refractivity contribution in [3.8, 4) is 5.75 Å². The zero-order chi connectivity index (χ0) is 14.5. The minimum absolute atomic E-state index is 0.00730. The van der Waals surface area contributed by atoms with Gasteiger partial charge in [-0.3, -0.25) is 0 Å². The standard InChI is InChI=1S/C14H11ClF3NO/c15-10-5-3-6-11(13(10)16)19-8-9-4-1-2-7-12(9)20-14(17)18/h1-7,14,19H,8H2. The van der Waals surface area contributed by atoms with Crippen molar-refractivity contribution in [3.05, 3.63) is 58.9 Å². The molecule has 106 valence electrons. The summed E-state index contributed by atoms with van der Waals surface area (Å²) in [6, 6.07) is 10.8. The third-order valence-electron chi connectivity index (χ3n) is 2.61. The van der Waals surface area contributed by atoms with Gasteiger partial charge in [-0.25, -0.2) is 4.39 Å². The number of nitrogens with one attached hydrogen (secondary N) is 1. The first kappa shape index (κ1) is 14.5. The van der Waals surface area contributed by atoms with Crippen LogP contribution in [0, 0.1) is 5.82 Å². The molecule has 0 fully saturated rings. The first-order valence-electron chi connectivity index (χ1n) is 5.78. The molecule has 0 atom stereocenters. The first-order chi connectivity index (χ1) is 9.58. The Kier molecular flexibility index (Phi) is 4.74. The number of anilines is 1. The van der Waals surface area contributed by atoms with Crippen molar-refractivity contribution in [2.75, 3.05) is 5.32 Å². The SMILES string of the molecule is Fc1c(Cl)cccc1NCc1ccccc1OC(F)F. The normalized spacial score (nSPS) is 10.7. The third-order valence-corrected chi connectivity index (χ3v) is 2.90. The van der Waals surface area contributed by atoms with Gasteiger partial charge in [0.2, 0.25) is 0 Å². The molecule has 1 N–H and O–H groups in total. The van der Waals surface area contributed by atoms with Crippen molar-refractivity contribution >= 4 is 17.3 Å². The molecule has 0 spiro atoms. The molecule has 2 aromatic carbocycles. The quantitative estimate of drug-likeness (QED) is 0.865. The Morgan fingerprint density at radius 2 is 1.85 bits per heavy atom. The van der Waals surface area contributed by atoms with Gasteiger partial charge in [-0.2, -0.15) is 8.78 Å². The summed E-state index contributed by atoms with van der Waals surface area (Å²) >= 11 is 5.66. The van der Waals surface area contributed by atoms with E-state index >= 15 is 0 Å². The Bertz CT molecular complexity index is 592. The second-order valence-electron chi connectivity index (χ2n) is 3.94. The molecule has 0 saturated carbocycles. The van der Waals surface area contributed by atoms with Crippen LogP contribution < -0.4 is 10.1 Å². The number of hydrogen-bond donors (Lipinski definition) is 1. The van der Waals surface area contributed by atoms with Crippen molar-refractivity contribution in [2.24, 2.45) is 0 Å². The molecular formula is C14H11ClF3NO. The number of benzene rings is 2. The van der Waals surface area contributed by atoms with E-state index in [0.717, 1.165) is 0 Å². The molecule has 0 saturated heterocycles. The lowest BCUT2D eigenvalue weighted by molar-refractivity contribution is -0.0504. The summed E-state index contributed by atoms with van der Waals surface area (Å²) < 4.78 is 42.6. The molecule has 2 nitrogen and oxygen atoms in total. The summed E-state index contributed by atoms with van der Waals surface area (Å²) in [7, 11) is 0. The van der Waals surface area contributed by atoms with Gasteiger partial charge in [-0.05, 0) is 18.2 Å². The molecule has 2 rings (SSSR count). The monoisotopic (exact) mass is 301 g/mol. The summed E-state index contributed by atoms with van der Waals surface area (Å²) in [5.74, 6) is -0.529. The van der Waals surface area contributed by atoms with Crippen molar-refractivity contribution in [3.63, 3.8) is 0 Å². The maximum atomic E-state index is 13.7. The maximum absolute atomic E-state index is 13.7. The topological polar surface area (TPSA) is 21.3 Å².